The summed E-state index contributed by atoms with van der Waals surface area (Å²) in [5.41, 5.74) is 0. The molecule has 0 aromatic rings. The van der Waals surface area contributed by atoms with Crippen molar-refractivity contribution < 1.29 is 14.6 Å². The molecular weight excluding hydrogens is 220 g/mol. The fourth-order valence-electron chi connectivity index (χ4n) is 2.59. The zero-order valence-electron chi connectivity index (χ0n) is 10.6. The van der Waals surface area contributed by atoms with Gasteiger partial charge in [-0.05, 0) is 13.8 Å². The van der Waals surface area contributed by atoms with E-state index in [9.17, 15) is 4.79 Å². The van der Waals surface area contributed by atoms with Crippen molar-refractivity contribution in [1.29, 1.82) is 0 Å². The van der Waals surface area contributed by atoms with Crippen LogP contribution in [0, 0.1) is 5.92 Å². The Hall–Kier alpha value is -0.650. The molecule has 0 spiro atoms. The molecule has 2 rings (SSSR count). The van der Waals surface area contributed by atoms with Gasteiger partial charge in [0.25, 0.3) is 0 Å². The van der Waals surface area contributed by atoms with E-state index < -0.39 is 0 Å². The summed E-state index contributed by atoms with van der Waals surface area (Å²) < 4.78 is 5.61. The third-order valence-electron chi connectivity index (χ3n) is 3.42. The maximum Gasteiger partial charge on any atom is 0.236 e. The van der Waals surface area contributed by atoms with E-state index >= 15 is 0 Å². The van der Waals surface area contributed by atoms with Crippen LogP contribution in [-0.2, 0) is 9.53 Å². The van der Waals surface area contributed by atoms with Crippen LogP contribution in [-0.4, -0.2) is 72.4 Å². The minimum absolute atomic E-state index is 0.129. The summed E-state index contributed by atoms with van der Waals surface area (Å²) in [4.78, 5) is 16.0. The van der Waals surface area contributed by atoms with E-state index in [1.165, 1.54) is 0 Å². The lowest BCUT2D eigenvalue weighted by Gasteiger charge is -2.40. The van der Waals surface area contributed by atoms with Crippen LogP contribution in [0.15, 0.2) is 0 Å². The van der Waals surface area contributed by atoms with Gasteiger partial charge in [0.05, 0.1) is 18.8 Å². The van der Waals surface area contributed by atoms with Crippen LogP contribution < -0.4 is 0 Å². The number of hydrogen-bond donors (Lipinski definition) is 1. The smallest absolute Gasteiger partial charge is 0.236 e. The molecule has 1 amide bonds. The normalized spacial score (nSPS) is 31.4. The van der Waals surface area contributed by atoms with Crippen molar-refractivity contribution in [2.75, 3.05) is 39.3 Å². The number of rotatable bonds is 3. The molecule has 2 aliphatic heterocycles. The van der Waals surface area contributed by atoms with Gasteiger partial charge in [0.1, 0.15) is 0 Å². The van der Waals surface area contributed by atoms with Crippen molar-refractivity contribution in [3.8, 4) is 0 Å². The molecule has 98 valence electrons. The summed E-state index contributed by atoms with van der Waals surface area (Å²) in [5, 5.41) is 8.92. The monoisotopic (exact) mass is 242 g/mol. The summed E-state index contributed by atoms with van der Waals surface area (Å²) in [5.74, 6) is 0.550. The SMILES string of the molecule is CC1CN(C(=O)CN2CC(CO)C2)CC(C)O1. The number of nitrogens with zero attached hydrogens (tertiary/aromatic N) is 2. The molecule has 2 atom stereocenters. The molecule has 17 heavy (non-hydrogen) atoms. The first kappa shape index (κ1) is 12.8. The third-order valence-corrected chi connectivity index (χ3v) is 3.42. The van der Waals surface area contributed by atoms with Crippen LogP contribution in [0.2, 0.25) is 0 Å². The predicted molar refractivity (Wildman–Crippen MR) is 63.6 cm³/mol. The summed E-state index contributed by atoms with van der Waals surface area (Å²) in [6.45, 7) is 7.80. The molecule has 2 fully saturated rings. The molecule has 2 aliphatic rings. The lowest BCUT2D eigenvalue weighted by molar-refractivity contribution is -0.146. The highest BCUT2D eigenvalue weighted by atomic mass is 16.5. The fourth-order valence-corrected chi connectivity index (χ4v) is 2.59. The molecule has 5 nitrogen and oxygen atoms in total. The van der Waals surface area contributed by atoms with E-state index in [2.05, 4.69) is 4.90 Å². The number of likely N-dealkylation sites (tertiary alicyclic amines) is 1. The van der Waals surface area contributed by atoms with E-state index in [4.69, 9.17) is 9.84 Å². The first-order chi connectivity index (χ1) is 8.08. The summed E-state index contributed by atoms with van der Waals surface area (Å²) >= 11 is 0. The quantitative estimate of drug-likeness (QED) is 0.728. The number of aliphatic hydroxyl groups is 1. The van der Waals surface area contributed by atoms with Gasteiger partial charge < -0.3 is 14.7 Å². The number of carbonyl (C=O) groups is 1. The highest BCUT2D eigenvalue weighted by molar-refractivity contribution is 5.78. The molecule has 1 N–H and O–H groups in total. The molecule has 0 aromatic carbocycles. The summed E-state index contributed by atoms with van der Waals surface area (Å²) in [7, 11) is 0. The summed E-state index contributed by atoms with van der Waals surface area (Å²) in [6, 6.07) is 0. The largest absolute Gasteiger partial charge is 0.396 e. The first-order valence-corrected chi connectivity index (χ1v) is 6.35. The van der Waals surface area contributed by atoms with Crippen molar-refractivity contribution >= 4 is 5.91 Å². The molecule has 2 saturated heterocycles. The maximum atomic E-state index is 12.1. The van der Waals surface area contributed by atoms with Crippen LogP contribution in [0.25, 0.3) is 0 Å². The van der Waals surface area contributed by atoms with E-state index in [1.54, 1.807) is 0 Å². The third kappa shape index (κ3) is 3.18. The fraction of sp³-hybridized carbons (Fsp3) is 0.917. The minimum Gasteiger partial charge on any atom is -0.396 e. The number of amides is 1. The minimum atomic E-state index is 0.129. The summed E-state index contributed by atoms with van der Waals surface area (Å²) in [6.07, 6.45) is 0.258. The number of ether oxygens (including phenoxy) is 1. The average Bonchev–Trinajstić information content (AvgIpc) is 2.21. The molecule has 5 heteroatoms. The zero-order chi connectivity index (χ0) is 12.4. The lowest BCUT2D eigenvalue weighted by atomic mass is 10.0. The van der Waals surface area contributed by atoms with Crippen molar-refractivity contribution in [2.24, 2.45) is 5.92 Å². The van der Waals surface area contributed by atoms with E-state index in [0.717, 1.165) is 13.1 Å². The van der Waals surface area contributed by atoms with Gasteiger partial charge in [-0.1, -0.05) is 0 Å². The van der Waals surface area contributed by atoms with Gasteiger partial charge in [0.15, 0.2) is 0 Å². The zero-order valence-corrected chi connectivity index (χ0v) is 10.6. The molecule has 0 aliphatic carbocycles. The van der Waals surface area contributed by atoms with Gasteiger partial charge in [-0.3, -0.25) is 9.69 Å². The first-order valence-electron chi connectivity index (χ1n) is 6.35. The topological polar surface area (TPSA) is 53.0 Å². The van der Waals surface area contributed by atoms with Crippen molar-refractivity contribution in [3.05, 3.63) is 0 Å². The van der Waals surface area contributed by atoms with Crippen molar-refractivity contribution in [1.82, 2.24) is 9.80 Å². The second-order valence-corrected chi connectivity index (χ2v) is 5.30. The van der Waals surface area contributed by atoms with Gasteiger partial charge in [0.2, 0.25) is 5.91 Å². The maximum absolute atomic E-state index is 12.1. The van der Waals surface area contributed by atoms with Gasteiger partial charge in [-0.25, -0.2) is 0 Å². The number of aliphatic hydroxyl groups excluding tert-OH is 1. The molecule has 0 radical (unpaired) electrons. The van der Waals surface area contributed by atoms with Gasteiger partial charge >= 0.3 is 0 Å². The second kappa shape index (κ2) is 5.33. The van der Waals surface area contributed by atoms with E-state index in [1.807, 2.05) is 18.7 Å². The molecule has 0 saturated carbocycles. The Balaban J connectivity index is 1.76. The highest BCUT2D eigenvalue weighted by Gasteiger charge is 2.31. The lowest BCUT2D eigenvalue weighted by Crippen LogP contribution is -2.55. The van der Waals surface area contributed by atoms with Crippen LogP contribution in [0.3, 0.4) is 0 Å². The van der Waals surface area contributed by atoms with Crippen molar-refractivity contribution in [2.45, 2.75) is 26.1 Å². The van der Waals surface area contributed by atoms with Crippen molar-refractivity contribution in [3.63, 3.8) is 0 Å². The van der Waals surface area contributed by atoms with E-state index in [0.29, 0.717) is 25.6 Å². The Morgan fingerprint density at radius 3 is 2.35 bits per heavy atom. The Labute approximate surface area is 102 Å². The Bertz CT molecular complexity index is 269. The Kier molecular flexibility index (Phi) is 4.01. The second-order valence-electron chi connectivity index (χ2n) is 5.30. The van der Waals surface area contributed by atoms with Crippen LogP contribution in [0.5, 0.6) is 0 Å². The van der Waals surface area contributed by atoms with Gasteiger partial charge in [-0.2, -0.15) is 0 Å². The highest BCUT2D eigenvalue weighted by Crippen LogP contribution is 2.16. The molecule has 0 aromatic heterocycles. The average molecular weight is 242 g/mol. The molecule has 0 bridgehead atoms. The van der Waals surface area contributed by atoms with Crippen LogP contribution in [0.4, 0.5) is 0 Å². The molecule has 2 heterocycles. The van der Waals surface area contributed by atoms with Gasteiger partial charge in [-0.15, -0.1) is 0 Å². The number of carbonyl (C=O) groups excluding carboxylic acids is 1. The molecular formula is C12H22N2O3. The Morgan fingerprint density at radius 2 is 1.82 bits per heavy atom. The standard InChI is InChI=1S/C12H22N2O3/c1-9-3-14(4-10(2)17-9)12(16)7-13-5-11(6-13)8-15/h9-11,15H,3-8H2,1-2H3. The number of morpholine rings is 1. The predicted octanol–water partition coefficient (Wildman–Crippen LogP) is -0.454. The Morgan fingerprint density at radius 1 is 1.24 bits per heavy atom. The van der Waals surface area contributed by atoms with Crippen LogP contribution >= 0.6 is 0 Å². The van der Waals surface area contributed by atoms with Crippen LogP contribution in [0.1, 0.15) is 13.8 Å². The number of hydrogen-bond acceptors (Lipinski definition) is 4. The van der Waals surface area contributed by atoms with Gasteiger partial charge in [0, 0.05) is 38.7 Å². The van der Waals surface area contributed by atoms with E-state index in [-0.39, 0.29) is 24.7 Å². The molecule has 2 unspecified atom stereocenters.